The van der Waals surface area contributed by atoms with E-state index in [4.69, 9.17) is 26.4 Å². The van der Waals surface area contributed by atoms with Crippen LogP contribution < -0.4 is 25.0 Å². The Labute approximate surface area is 194 Å². The van der Waals surface area contributed by atoms with E-state index in [1.807, 2.05) is 11.0 Å². The summed E-state index contributed by atoms with van der Waals surface area (Å²) < 4.78 is 45.0. The first-order valence-corrected chi connectivity index (χ1v) is 12.0. The maximum absolute atomic E-state index is 13.4. The van der Waals surface area contributed by atoms with E-state index in [9.17, 15) is 8.42 Å². The number of anilines is 3. The molecule has 1 saturated heterocycles. The number of hydrogen-bond donors (Lipinski definition) is 3. The van der Waals surface area contributed by atoms with Crippen LogP contribution in [0.2, 0.25) is 0 Å². The second kappa shape index (κ2) is 11.3. The first-order chi connectivity index (χ1) is 15.4. The zero-order chi connectivity index (χ0) is 23.0. The predicted octanol–water partition coefficient (Wildman–Crippen LogP) is 2.27. The maximum atomic E-state index is 13.4. The highest BCUT2D eigenvalue weighted by Crippen LogP contribution is 2.31. The summed E-state index contributed by atoms with van der Waals surface area (Å²) in [4.78, 5) is 2.16. The van der Waals surface area contributed by atoms with Crippen LogP contribution >= 0.6 is 12.2 Å². The molecule has 0 saturated carbocycles. The van der Waals surface area contributed by atoms with Gasteiger partial charge in [0.25, 0.3) is 10.0 Å². The lowest BCUT2D eigenvalue weighted by Gasteiger charge is -2.30. The zero-order valence-corrected chi connectivity index (χ0v) is 19.7. The van der Waals surface area contributed by atoms with Crippen LogP contribution in [0.15, 0.2) is 47.4 Å². The Balaban J connectivity index is 1.88. The minimum Gasteiger partial charge on any atom is -0.497 e. The number of ether oxygens (including phenoxy) is 3. The van der Waals surface area contributed by atoms with Crippen LogP contribution in [0.5, 0.6) is 5.75 Å². The predicted molar refractivity (Wildman–Crippen MR) is 129 cm³/mol. The van der Waals surface area contributed by atoms with Crippen molar-refractivity contribution in [2.45, 2.75) is 4.90 Å². The second-order valence-electron chi connectivity index (χ2n) is 6.99. The number of thiocarbonyl (C=S) groups is 1. The molecule has 3 rings (SSSR count). The summed E-state index contributed by atoms with van der Waals surface area (Å²) in [5, 5.41) is 6.43. The summed E-state index contributed by atoms with van der Waals surface area (Å²) in [7, 11) is -0.726. The van der Waals surface area contributed by atoms with Gasteiger partial charge in [0.1, 0.15) is 10.6 Å². The minimum atomic E-state index is -3.89. The van der Waals surface area contributed by atoms with Crippen LogP contribution in [0.25, 0.3) is 0 Å². The number of methoxy groups -OCH3 is 2. The lowest BCUT2D eigenvalue weighted by molar-refractivity contribution is 0.122. The molecule has 0 aliphatic carbocycles. The van der Waals surface area contributed by atoms with Crippen molar-refractivity contribution in [1.29, 1.82) is 0 Å². The average molecular weight is 481 g/mol. The van der Waals surface area contributed by atoms with Gasteiger partial charge >= 0.3 is 0 Å². The van der Waals surface area contributed by atoms with Crippen LogP contribution in [0.4, 0.5) is 17.1 Å². The fourth-order valence-electron chi connectivity index (χ4n) is 3.18. The number of morpholine rings is 1. The van der Waals surface area contributed by atoms with E-state index >= 15 is 0 Å². The molecule has 2 aromatic rings. The third kappa shape index (κ3) is 6.45. The monoisotopic (exact) mass is 480 g/mol. The van der Waals surface area contributed by atoms with Crippen LogP contribution in [-0.2, 0) is 19.5 Å². The molecule has 2 aromatic carbocycles. The molecule has 11 heteroatoms. The largest absolute Gasteiger partial charge is 0.497 e. The van der Waals surface area contributed by atoms with Gasteiger partial charge in [-0.2, -0.15) is 0 Å². The number of benzene rings is 2. The molecule has 32 heavy (non-hydrogen) atoms. The lowest BCUT2D eigenvalue weighted by atomic mass is 10.2. The number of sulfonamides is 1. The van der Waals surface area contributed by atoms with Crippen molar-refractivity contribution >= 4 is 44.4 Å². The molecule has 1 heterocycles. The van der Waals surface area contributed by atoms with Crippen molar-refractivity contribution in [3.63, 3.8) is 0 Å². The molecule has 0 aromatic heterocycles. The number of rotatable bonds is 9. The van der Waals surface area contributed by atoms with Gasteiger partial charge in [-0.15, -0.1) is 0 Å². The maximum Gasteiger partial charge on any atom is 0.264 e. The highest BCUT2D eigenvalue weighted by Gasteiger charge is 2.24. The van der Waals surface area contributed by atoms with Crippen LogP contribution in [-0.4, -0.2) is 67.2 Å². The third-order valence-electron chi connectivity index (χ3n) is 4.79. The number of hydrogen-bond acceptors (Lipinski definition) is 7. The first kappa shape index (κ1) is 24.1. The van der Waals surface area contributed by atoms with E-state index < -0.39 is 10.0 Å². The Hall–Kier alpha value is -2.60. The van der Waals surface area contributed by atoms with Crippen molar-refractivity contribution in [2.24, 2.45) is 0 Å². The van der Waals surface area contributed by atoms with Crippen LogP contribution in [0.1, 0.15) is 0 Å². The van der Waals surface area contributed by atoms with Crippen molar-refractivity contribution in [3.8, 4) is 5.75 Å². The van der Waals surface area contributed by atoms with Crippen molar-refractivity contribution in [1.82, 2.24) is 5.32 Å². The SMILES string of the molecule is COCCNC(=S)Nc1ccc(N2CCOCC2)c(S(=O)(=O)Nc2ccc(OC)cc2)c1. The van der Waals surface area contributed by atoms with Gasteiger partial charge in [-0.1, -0.05) is 0 Å². The van der Waals surface area contributed by atoms with Crippen LogP contribution in [0.3, 0.4) is 0 Å². The summed E-state index contributed by atoms with van der Waals surface area (Å²) in [6, 6.07) is 11.9. The lowest BCUT2D eigenvalue weighted by Crippen LogP contribution is -2.37. The van der Waals surface area contributed by atoms with Gasteiger partial charge in [0.15, 0.2) is 5.11 Å². The molecular weight excluding hydrogens is 452 g/mol. The summed E-state index contributed by atoms with van der Waals surface area (Å²) >= 11 is 5.29. The van der Waals surface area contributed by atoms with Gasteiger partial charge in [0.2, 0.25) is 0 Å². The fourth-order valence-corrected chi connectivity index (χ4v) is 4.71. The molecule has 0 unspecified atom stereocenters. The van der Waals surface area contributed by atoms with Gasteiger partial charge in [-0.3, -0.25) is 4.72 Å². The summed E-state index contributed by atoms with van der Waals surface area (Å²) in [5.41, 5.74) is 1.61. The van der Waals surface area contributed by atoms with E-state index in [1.54, 1.807) is 50.6 Å². The molecule has 3 N–H and O–H groups in total. The average Bonchev–Trinajstić information content (AvgIpc) is 2.80. The Morgan fingerprint density at radius 3 is 2.44 bits per heavy atom. The third-order valence-corrected chi connectivity index (χ3v) is 6.45. The van der Waals surface area contributed by atoms with Crippen molar-refractivity contribution in [2.75, 3.05) is 68.6 Å². The van der Waals surface area contributed by atoms with E-state index in [0.29, 0.717) is 67.4 Å². The van der Waals surface area contributed by atoms with Gasteiger partial charge < -0.3 is 29.7 Å². The van der Waals surface area contributed by atoms with E-state index in [0.717, 1.165) is 0 Å². The highest BCUT2D eigenvalue weighted by atomic mass is 32.2. The molecule has 9 nitrogen and oxygen atoms in total. The smallest absolute Gasteiger partial charge is 0.264 e. The summed E-state index contributed by atoms with van der Waals surface area (Å²) in [5.74, 6) is 0.641. The molecule has 0 spiro atoms. The molecular formula is C21H28N4O5S2. The van der Waals surface area contributed by atoms with Crippen molar-refractivity contribution < 1.29 is 22.6 Å². The minimum absolute atomic E-state index is 0.153. The fraction of sp³-hybridized carbons (Fsp3) is 0.381. The standard InChI is InChI=1S/C21H28N4O5S2/c1-28-12-9-22-21(31)23-17-5-8-19(25-10-13-30-14-11-25)20(15-17)32(26,27)24-16-3-6-18(29-2)7-4-16/h3-8,15,24H,9-14H2,1-2H3,(H2,22,23,31). The topological polar surface area (TPSA) is 101 Å². The van der Waals surface area contributed by atoms with Crippen molar-refractivity contribution in [3.05, 3.63) is 42.5 Å². The molecule has 0 atom stereocenters. The number of nitrogens with one attached hydrogen (secondary N) is 3. The van der Waals surface area contributed by atoms with Gasteiger partial charge in [0, 0.05) is 38.1 Å². The summed E-state index contributed by atoms with van der Waals surface area (Å²) in [6.45, 7) is 3.34. The van der Waals surface area contributed by atoms with E-state index in [1.165, 1.54) is 0 Å². The molecule has 174 valence electrons. The quantitative estimate of drug-likeness (QED) is 0.368. The second-order valence-corrected chi connectivity index (χ2v) is 9.05. The summed E-state index contributed by atoms with van der Waals surface area (Å²) in [6.07, 6.45) is 0. The Bertz CT molecular complexity index is 1010. The molecule has 0 amide bonds. The van der Waals surface area contributed by atoms with Gasteiger partial charge in [-0.05, 0) is 54.7 Å². The molecule has 1 fully saturated rings. The Morgan fingerprint density at radius 1 is 1.09 bits per heavy atom. The molecule has 1 aliphatic heterocycles. The van der Waals surface area contributed by atoms with Gasteiger partial charge in [0.05, 0.1) is 32.6 Å². The highest BCUT2D eigenvalue weighted by molar-refractivity contribution is 7.93. The zero-order valence-electron chi connectivity index (χ0n) is 18.1. The normalized spacial score (nSPS) is 14.0. The van der Waals surface area contributed by atoms with E-state index in [-0.39, 0.29) is 4.90 Å². The Morgan fingerprint density at radius 2 is 1.78 bits per heavy atom. The number of nitrogens with zero attached hydrogens (tertiary/aromatic N) is 1. The first-order valence-electron chi connectivity index (χ1n) is 10.1. The molecule has 1 aliphatic rings. The molecule has 0 bridgehead atoms. The molecule has 0 radical (unpaired) electrons. The van der Waals surface area contributed by atoms with Gasteiger partial charge in [-0.25, -0.2) is 8.42 Å². The van der Waals surface area contributed by atoms with Crippen LogP contribution in [0, 0.1) is 0 Å². The Kier molecular flexibility index (Phi) is 8.51. The van der Waals surface area contributed by atoms with E-state index in [2.05, 4.69) is 15.4 Å².